The van der Waals surface area contributed by atoms with Gasteiger partial charge < -0.3 is 14.8 Å². The molecular formula is C24H32N2O5S. The molecule has 7 nitrogen and oxygen atoms in total. The van der Waals surface area contributed by atoms with E-state index in [1.165, 1.54) is 36.2 Å². The summed E-state index contributed by atoms with van der Waals surface area (Å²) < 4.78 is 38.2. The van der Waals surface area contributed by atoms with Gasteiger partial charge in [0.25, 0.3) is 0 Å². The first-order chi connectivity index (χ1) is 15.3. The summed E-state index contributed by atoms with van der Waals surface area (Å²) in [4.78, 5) is 13.0. The Bertz CT molecular complexity index is 1010. The van der Waals surface area contributed by atoms with Crippen molar-refractivity contribution in [3.8, 4) is 11.5 Å². The molecule has 0 aromatic heterocycles. The van der Waals surface area contributed by atoms with Crippen molar-refractivity contribution in [2.45, 2.75) is 43.5 Å². The molecule has 1 amide bonds. The van der Waals surface area contributed by atoms with Crippen molar-refractivity contribution in [3.05, 3.63) is 54.1 Å². The Kier molecular flexibility index (Phi) is 8.15. The maximum Gasteiger partial charge on any atom is 0.243 e. The van der Waals surface area contributed by atoms with Gasteiger partial charge in [0.2, 0.25) is 15.9 Å². The minimum atomic E-state index is -3.74. The van der Waals surface area contributed by atoms with Crippen LogP contribution in [0.15, 0.2) is 53.4 Å². The van der Waals surface area contributed by atoms with Crippen LogP contribution < -0.4 is 14.8 Å². The Morgan fingerprint density at radius 3 is 2.53 bits per heavy atom. The Morgan fingerprint density at radius 2 is 1.84 bits per heavy atom. The summed E-state index contributed by atoms with van der Waals surface area (Å²) in [5.41, 5.74) is 1.23. The summed E-state index contributed by atoms with van der Waals surface area (Å²) in [6.07, 6.45) is 3.03. The van der Waals surface area contributed by atoms with Crippen LogP contribution in [-0.4, -0.2) is 52.0 Å². The van der Waals surface area contributed by atoms with Crippen LogP contribution >= 0.6 is 0 Å². The van der Waals surface area contributed by atoms with Crippen molar-refractivity contribution in [1.82, 2.24) is 9.62 Å². The molecule has 0 bridgehead atoms. The third-order valence-electron chi connectivity index (χ3n) is 5.85. The average Bonchev–Trinajstić information content (AvgIpc) is 2.83. The molecule has 1 heterocycles. The minimum absolute atomic E-state index is 0.0144. The number of piperidine rings is 1. The van der Waals surface area contributed by atoms with Crippen LogP contribution in [0.1, 0.15) is 31.7 Å². The quantitative estimate of drug-likeness (QED) is 0.621. The number of carbonyl (C=O) groups excluding carboxylic acids is 1. The minimum Gasteiger partial charge on any atom is -0.493 e. The van der Waals surface area contributed by atoms with Gasteiger partial charge in [0, 0.05) is 25.2 Å². The Labute approximate surface area is 190 Å². The van der Waals surface area contributed by atoms with Gasteiger partial charge in [-0.25, -0.2) is 8.42 Å². The van der Waals surface area contributed by atoms with Crippen LogP contribution in [0.3, 0.4) is 0 Å². The largest absolute Gasteiger partial charge is 0.493 e. The molecule has 174 valence electrons. The van der Waals surface area contributed by atoms with Crippen LogP contribution in [0.5, 0.6) is 11.5 Å². The van der Waals surface area contributed by atoms with Crippen molar-refractivity contribution >= 4 is 15.9 Å². The molecule has 1 saturated heterocycles. The van der Waals surface area contributed by atoms with E-state index in [0.717, 1.165) is 12.8 Å². The lowest BCUT2D eigenvalue weighted by Crippen LogP contribution is -2.47. The van der Waals surface area contributed by atoms with Crippen molar-refractivity contribution in [1.29, 1.82) is 0 Å². The first kappa shape index (κ1) is 24.1. The van der Waals surface area contributed by atoms with Gasteiger partial charge in [-0.15, -0.1) is 0 Å². The molecule has 2 aromatic carbocycles. The second-order valence-corrected chi connectivity index (χ2v) is 10.1. The standard InChI is InChI=1S/C24H32N2O5S/c1-18(11-12-19-8-5-4-6-9-19)25-24(27)20-10-7-15-26(17-20)32(28,29)21-13-14-22(30-2)23(16-21)31-3/h4-6,8-9,13-14,16,18,20H,7,10-12,15,17H2,1-3H3,(H,25,27)/t18-,20-/m1/s1. The number of hydrogen-bond donors (Lipinski definition) is 1. The number of carbonyl (C=O) groups is 1. The highest BCUT2D eigenvalue weighted by Crippen LogP contribution is 2.32. The number of benzene rings is 2. The number of methoxy groups -OCH3 is 2. The molecule has 0 spiro atoms. The van der Waals surface area contributed by atoms with E-state index >= 15 is 0 Å². The van der Waals surface area contributed by atoms with E-state index in [1.54, 1.807) is 6.07 Å². The number of hydrogen-bond acceptors (Lipinski definition) is 5. The topological polar surface area (TPSA) is 84.9 Å². The third kappa shape index (κ3) is 5.81. The lowest BCUT2D eigenvalue weighted by molar-refractivity contribution is -0.126. The molecular weight excluding hydrogens is 428 g/mol. The van der Waals surface area contributed by atoms with Gasteiger partial charge in [0.1, 0.15) is 0 Å². The van der Waals surface area contributed by atoms with E-state index < -0.39 is 10.0 Å². The number of nitrogens with one attached hydrogen (secondary N) is 1. The molecule has 1 N–H and O–H groups in total. The van der Waals surface area contributed by atoms with Gasteiger partial charge in [-0.1, -0.05) is 30.3 Å². The number of amides is 1. The predicted octanol–water partition coefficient (Wildman–Crippen LogP) is 3.24. The summed E-state index contributed by atoms with van der Waals surface area (Å²) in [7, 11) is -0.776. The molecule has 0 radical (unpaired) electrons. The van der Waals surface area contributed by atoms with Crippen LogP contribution in [-0.2, 0) is 21.2 Å². The summed E-state index contributed by atoms with van der Waals surface area (Å²) >= 11 is 0. The molecule has 3 rings (SSSR count). The fourth-order valence-electron chi connectivity index (χ4n) is 3.96. The molecule has 1 aliphatic heterocycles. The lowest BCUT2D eigenvalue weighted by Gasteiger charge is -2.32. The molecule has 1 fully saturated rings. The van der Waals surface area contributed by atoms with E-state index in [1.807, 2.05) is 25.1 Å². The number of ether oxygens (including phenoxy) is 2. The summed E-state index contributed by atoms with van der Waals surface area (Å²) in [6, 6.07) is 14.7. The van der Waals surface area contributed by atoms with E-state index in [0.29, 0.717) is 30.9 Å². The highest BCUT2D eigenvalue weighted by atomic mass is 32.2. The van der Waals surface area contributed by atoms with Crippen molar-refractivity contribution in [3.63, 3.8) is 0 Å². The number of sulfonamides is 1. The van der Waals surface area contributed by atoms with Gasteiger partial charge in [-0.05, 0) is 50.3 Å². The second kappa shape index (κ2) is 10.8. The van der Waals surface area contributed by atoms with Gasteiger partial charge >= 0.3 is 0 Å². The molecule has 8 heteroatoms. The Balaban J connectivity index is 1.62. The average molecular weight is 461 g/mol. The highest BCUT2D eigenvalue weighted by molar-refractivity contribution is 7.89. The van der Waals surface area contributed by atoms with E-state index in [9.17, 15) is 13.2 Å². The molecule has 0 unspecified atom stereocenters. The number of aryl methyl sites for hydroxylation is 1. The zero-order chi connectivity index (χ0) is 23.1. The number of nitrogens with zero attached hydrogens (tertiary/aromatic N) is 1. The lowest BCUT2D eigenvalue weighted by atomic mass is 9.98. The Hall–Kier alpha value is -2.58. The van der Waals surface area contributed by atoms with Gasteiger partial charge in [0.15, 0.2) is 11.5 Å². The molecule has 32 heavy (non-hydrogen) atoms. The molecule has 0 saturated carbocycles. The monoisotopic (exact) mass is 460 g/mol. The third-order valence-corrected chi connectivity index (χ3v) is 7.71. The Morgan fingerprint density at radius 1 is 1.12 bits per heavy atom. The van der Waals surface area contributed by atoms with Gasteiger partial charge in [-0.3, -0.25) is 4.79 Å². The van der Waals surface area contributed by atoms with E-state index in [-0.39, 0.29) is 29.3 Å². The van der Waals surface area contributed by atoms with Crippen molar-refractivity contribution in [2.24, 2.45) is 5.92 Å². The van der Waals surface area contributed by atoms with E-state index in [2.05, 4.69) is 17.4 Å². The SMILES string of the molecule is COc1ccc(S(=O)(=O)N2CCC[C@@H](C(=O)N[C@H](C)CCc3ccccc3)C2)cc1OC. The molecule has 2 aromatic rings. The van der Waals surface area contributed by atoms with Gasteiger partial charge in [0.05, 0.1) is 25.0 Å². The van der Waals surface area contributed by atoms with Gasteiger partial charge in [-0.2, -0.15) is 4.31 Å². The maximum absolute atomic E-state index is 13.2. The zero-order valence-corrected chi connectivity index (χ0v) is 19.7. The fraction of sp³-hybridized carbons (Fsp3) is 0.458. The summed E-state index contributed by atoms with van der Waals surface area (Å²) in [5.74, 6) is 0.370. The first-order valence-corrected chi connectivity index (χ1v) is 12.4. The van der Waals surface area contributed by atoms with Crippen molar-refractivity contribution in [2.75, 3.05) is 27.3 Å². The summed E-state index contributed by atoms with van der Waals surface area (Å²) in [5, 5.41) is 3.07. The fourth-order valence-corrected chi connectivity index (χ4v) is 5.50. The molecule has 1 aliphatic rings. The zero-order valence-electron chi connectivity index (χ0n) is 18.9. The van der Waals surface area contributed by atoms with Crippen LogP contribution in [0.25, 0.3) is 0 Å². The highest BCUT2D eigenvalue weighted by Gasteiger charge is 2.34. The van der Waals surface area contributed by atoms with E-state index in [4.69, 9.17) is 9.47 Å². The van der Waals surface area contributed by atoms with Crippen LogP contribution in [0, 0.1) is 5.92 Å². The van der Waals surface area contributed by atoms with Crippen LogP contribution in [0.4, 0.5) is 0 Å². The van der Waals surface area contributed by atoms with Crippen LogP contribution in [0.2, 0.25) is 0 Å². The maximum atomic E-state index is 13.2. The molecule has 2 atom stereocenters. The number of rotatable bonds is 9. The van der Waals surface area contributed by atoms with Crippen molar-refractivity contribution < 1.29 is 22.7 Å². The summed E-state index contributed by atoms with van der Waals surface area (Å²) in [6.45, 7) is 2.56. The normalized spacial score (nSPS) is 18.0. The smallest absolute Gasteiger partial charge is 0.243 e. The molecule has 0 aliphatic carbocycles. The predicted molar refractivity (Wildman–Crippen MR) is 123 cm³/mol. The second-order valence-electron chi connectivity index (χ2n) is 8.15. The first-order valence-electron chi connectivity index (χ1n) is 10.9.